The summed E-state index contributed by atoms with van der Waals surface area (Å²) in [7, 11) is 0. The van der Waals surface area contributed by atoms with Crippen LogP contribution in [-0.4, -0.2) is 33.3 Å². The second-order valence-corrected chi connectivity index (χ2v) is 6.28. The maximum atomic E-state index is 5.15. The van der Waals surface area contributed by atoms with Gasteiger partial charge in [0.05, 0.1) is 0 Å². The molecule has 1 heterocycles. The van der Waals surface area contributed by atoms with Gasteiger partial charge in [-0.3, -0.25) is 0 Å². The van der Waals surface area contributed by atoms with E-state index in [4.69, 9.17) is 11.6 Å². The molecular weight excluding hydrogens is 306 g/mol. The Morgan fingerprint density at radius 3 is 2.19 bits per heavy atom. The molecule has 5 nitrogen and oxygen atoms in total. The molecule has 118 valence electrons. The van der Waals surface area contributed by atoms with Crippen molar-refractivity contribution in [1.82, 2.24) is 15.0 Å². The molecule has 0 saturated heterocycles. The quantitative estimate of drug-likeness (QED) is 0.624. The molecule has 0 aliphatic heterocycles. The number of allylic oxidation sites excluding steroid dienone is 2. The van der Waals surface area contributed by atoms with E-state index in [0.29, 0.717) is 16.9 Å². The monoisotopic (exact) mass is 329 g/mol. The first-order chi connectivity index (χ1) is 9.71. The summed E-state index contributed by atoms with van der Waals surface area (Å²) in [6, 6.07) is 0. The third-order valence-electron chi connectivity index (χ3n) is 1.84. The van der Waals surface area contributed by atoms with Gasteiger partial charge in [0, 0.05) is 17.1 Å². The van der Waals surface area contributed by atoms with Gasteiger partial charge in [-0.05, 0) is 34.0 Å². The fourth-order valence-corrected chi connectivity index (χ4v) is 1.43. The van der Waals surface area contributed by atoms with E-state index in [2.05, 4.69) is 59.5 Å². The molecule has 1 rings (SSSR count). The molecule has 0 unspecified atom stereocenters. The molecule has 0 aliphatic rings. The Bertz CT molecular complexity index is 471. The maximum Gasteiger partial charge on any atom is 0.228 e. The second kappa shape index (κ2) is 9.63. The summed E-state index contributed by atoms with van der Waals surface area (Å²) in [5, 5.41) is 7.54. The SMILES string of the molecule is C=CC(=C)Cl.CCNc1nc(NC(C)(C)C)nc(SC)n1. The lowest BCUT2D eigenvalue weighted by atomic mass is 10.1. The van der Waals surface area contributed by atoms with Crippen molar-refractivity contribution < 1.29 is 0 Å². The Labute approximate surface area is 136 Å². The lowest BCUT2D eigenvalue weighted by Crippen LogP contribution is -2.27. The molecule has 0 aliphatic carbocycles. The smallest absolute Gasteiger partial charge is 0.228 e. The summed E-state index contributed by atoms with van der Waals surface area (Å²) in [6.07, 6.45) is 3.44. The van der Waals surface area contributed by atoms with Crippen molar-refractivity contribution in [1.29, 1.82) is 0 Å². The first-order valence-corrected chi connectivity index (χ1v) is 8.11. The highest BCUT2D eigenvalue weighted by Crippen LogP contribution is 2.16. The van der Waals surface area contributed by atoms with Gasteiger partial charge in [-0.25, -0.2) is 0 Å². The molecular formula is C14H24ClN5S. The number of rotatable bonds is 5. The third-order valence-corrected chi connectivity index (χ3v) is 2.54. The van der Waals surface area contributed by atoms with E-state index in [1.54, 1.807) is 0 Å². The summed E-state index contributed by atoms with van der Waals surface area (Å²) in [5.41, 5.74) is -0.0550. The Hall–Kier alpha value is -1.27. The van der Waals surface area contributed by atoms with Gasteiger partial charge < -0.3 is 10.6 Å². The van der Waals surface area contributed by atoms with E-state index in [1.165, 1.54) is 17.8 Å². The predicted molar refractivity (Wildman–Crippen MR) is 94.3 cm³/mol. The fraction of sp³-hybridized carbons (Fsp3) is 0.500. The molecule has 0 atom stereocenters. The minimum absolute atomic E-state index is 0.0550. The van der Waals surface area contributed by atoms with Crippen LogP contribution in [0.15, 0.2) is 29.4 Å². The summed E-state index contributed by atoms with van der Waals surface area (Å²) in [6.45, 7) is 15.7. The highest BCUT2D eigenvalue weighted by Gasteiger charge is 2.13. The number of thioether (sulfide) groups is 1. The number of hydrogen-bond donors (Lipinski definition) is 2. The Balaban J connectivity index is 0.000000690. The molecule has 0 spiro atoms. The Morgan fingerprint density at radius 2 is 1.81 bits per heavy atom. The van der Waals surface area contributed by atoms with Gasteiger partial charge in [-0.1, -0.05) is 42.6 Å². The normalized spacial score (nSPS) is 10.2. The van der Waals surface area contributed by atoms with E-state index in [9.17, 15) is 0 Å². The van der Waals surface area contributed by atoms with Crippen LogP contribution in [-0.2, 0) is 0 Å². The first-order valence-electron chi connectivity index (χ1n) is 6.50. The zero-order chi connectivity index (χ0) is 16.5. The minimum atomic E-state index is -0.0550. The van der Waals surface area contributed by atoms with Gasteiger partial charge in [-0.2, -0.15) is 15.0 Å². The number of nitrogens with one attached hydrogen (secondary N) is 2. The van der Waals surface area contributed by atoms with Crippen LogP contribution in [0.3, 0.4) is 0 Å². The number of anilines is 2. The van der Waals surface area contributed by atoms with E-state index in [0.717, 1.165) is 11.7 Å². The molecule has 7 heteroatoms. The zero-order valence-electron chi connectivity index (χ0n) is 13.3. The first kappa shape index (κ1) is 19.7. The summed E-state index contributed by atoms with van der Waals surface area (Å²) in [5.74, 6) is 1.23. The van der Waals surface area contributed by atoms with Gasteiger partial charge in [0.2, 0.25) is 11.9 Å². The molecule has 1 aromatic heterocycles. The van der Waals surface area contributed by atoms with Crippen molar-refractivity contribution in [2.45, 2.75) is 38.4 Å². The van der Waals surface area contributed by atoms with Gasteiger partial charge in [0.25, 0.3) is 0 Å². The van der Waals surface area contributed by atoms with Crippen molar-refractivity contribution in [2.75, 3.05) is 23.4 Å². The topological polar surface area (TPSA) is 62.7 Å². The van der Waals surface area contributed by atoms with Crippen LogP contribution in [0, 0.1) is 0 Å². The van der Waals surface area contributed by atoms with Crippen LogP contribution in [0.25, 0.3) is 0 Å². The molecule has 0 amide bonds. The summed E-state index contributed by atoms with van der Waals surface area (Å²) in [4.78, 5) is 12.9. The Kier molecular flexibility index (Phi) is 9.05. The van der Waals surface area contributed by atoms with Gasteiger partial charge in [-0.15, -0.1) is 0 Å². The van der Waals surface area contributed by atoms with E-state index in [-0.39, 0.29) is 5.54 Å². The average Bonchev–Trinajstić information content (AvgIpc) is 2.37. The molecule has 1 aromatic rings. The van der Waals surface area contributed by atoms with Crippen LogP contribution in [0.1, 0.15) is 27.7 Å². The summed E-state index contributed by atoms with van der Waals surface area (Å²) < 4.78 is 0. The predicted octanol–water partition coefficient (Wildman–Crippen LogP) is 4.16. The van der Waals surface area contributed by atoms with E-state index >= 15 is 0 Å². The molecule has 0 radical (unpaired) electrons. The average molecular weight is 330 g/mol. The maximum absolute atomic E-state index is 5.15. The summed E-state index contributed by atoms with van der Waals surface area (Å²) >= 11 is 6.66. The van der Waals surface area contributed by atoms with Crippen molar-refractivity contribution in [3.05, 3.63) is 24.3 Å². The number of nitrogens with zero attached hydrogens (tertiary/aromatic N) is 3. The second-order valence-electron chi connectivity index (χ2n) is 5.03. The van der Waals surface area contributed by atoms with Gasteiger partial charge in [0.15, 0.2) is 5.16 Å². The highest BCUT2D eigenvalue weighted by molar-refractivity contribution is 7.98. The molecule has 0 bridgehead atoms. The number of hydrogen-bond acceptors (Lipinski definition) is 6. The Morgan fingerprint density at radius 1 is 1.29 bits per heavy atom. The highest BCUT2D eigenvalue weighted by atomic mass is 35.5. The van der Waals surface area contributed by atoms with Crippen LogP contribution < -0.4 is 10.6 Å². The van der Waals surface area contributed by atoms with E-state index < -0.39 is 0 Å². The molecule has 0 saturated carbocycles. The number of aromatic nitrogens is 3. The standard InChI is InChI=1S/C10H19N5S.C4H5Cl/c1-6-11-7-12-8(15-10(2,3)4)14-9(13-7)16-5;1-3-4(2)5/h6H2,1-5H3,(H2,11,12,13,14,15);3H,1-2H2. The third kappa shape index (κ3) is 10.1. The molecule has 21 heavy (non-hydrogen) atoms. The van der Waals surface area contributed by atoms with Crippen LogP contribution in [0.4, 0.5) is 11.9 Å². The van der Waals surface area contributed by atoms with E-state index in [1.807, 2.05) is 13.2 Å². The van der Waals surface area contributed by atoms with Crippen molar-refractivity contribution in [3.63, 3.8) is 0 Å². The van der Waals surface area contributed by atoms with Gasteiger partial charge >= 0.3 is 0 Å². The van der Waals surface area contributed by atoms with Crippen LogP contribution >= 0.6 is 23.4 Å². The minimum Gasteiger partial charge on any atom is -0.354 e. The number of halogens is 1. The largest absolute Gasteiger partial charge is 0.354 e. The molecule has 2 N–H and O–H groups in total. The van der Waals surface area contributed by atoms with Gasteiger partial charge in [0.1, 0.15) is 0 Å². The van der Waals surface area contributed by atoms with Crippen molar-refractivity contribution >= 4 is 35.3 Å². The zero-order valence-corrected chi connectivity index (χ0v) is 14.9. The van der Waals surface area contributed by atoms with Crippen molar-refractivity contribution in [3.8, 4) is 0 Å². The molecule has 0 fully saturated rings. The lowest BCUT2D eigenvalue weighted by Gasteiger charge is -2.20. The fourth-order valence-electron chi connectivity index (χ4n) is 1.08. The van der Waals surface area contributed by atoms with Crippen LogP contribution in [0.2, 0.25) is 0 Å². The lowest BCUT2D eigenvalue weighted by molar-refractivity contribution is 0.622. The van der Waals surface area contributed by atoms with Crippen LogP contribution in [0.5, 0.6) is 0 Å². The van der Waals surface area contributed by atoms with Crippen molar-refractivity contribution in [2.24, 2.45) is 0 Å². The molecule has 0 aromatic carbocycles.